The van der Waals surface area contributed by atoms with Crippen LogP contribution in [0.4, 0.5) is 4.79 Å². The van der Waals surface area contributed by atoms with Crippen LogP contribution in [0.25, 0.3) is 0 Å². The number of hydrogen-bond donors (Lipinski definition) is 1. The molecule has 3 rings (SSSR count). The van der Waals surface area contributed by atoms with E-state index >= 15 is 0 Å². The van der Waals surface area contributed by atoms with Gasteiger partial charge in [0.15, 0.2) is 0 Å². The van der Waals surface area contributed by atoms with E-state index in [4.69, 9.17) is 0 Å². The van der Waals surface area contributed by atoms with Gasteiger partial charge in [0.2, 0.25) is 5.91 Å². The number of urea groups is 1. The second kappa shape index (κ2) is 6.93. The summed E-state index contributed by atoms with van der Waals surface area (Å²) in [6, 6.07) is 3.59. The Kier molecular flexibility index (Phi) is 4.89. The zero-order chi connectivity index (χ0) is 17.2. The summed E-state index contributed by atoms with van der Waals surface area (Å²) in [5, 5.41) is 4.85. The Hall–Kier alpha value is -1.89. The van der Waals surface area contributed by atoms with Crippen LogP contribution in [0.1, 0.15) is 43.4 Å². The third-order valence-electron chi connectivity index (χ3n) is 4.90. The minimum atomic E-state index is -0.707. The summed E-state index contributed by atoms with van der Waals surface area (Å²) in [7, 11) is 1.75. The molecule has 2 aliphatic rings. The number of carbonyl (C=O) groups is 3. The lowest BCUT2D eigenvalue weighted by atomic mass is 9.82. The SMILES string of the molecule is CN(Cc1cccs1)C(=O)CCN1C(=O)NC2(CCCCC2)C1=O. The predicted molar refractivity (Wildman–Crippen MR) is 91.5 cm³/mol. The molecule has 0 radical (unpaired) electrons. The molecule has 0 bridgehead atoms. The van der Waals surface area contributed by atoms with Crippen molar-refractivity contribution >= 4 is 29.2 Å². The minimum Gasteiger partial charge on any atom is -0.341 e. The van der Waals surface area contributed by atoms with Crippen molar-refractivity contribution < 1.29 is 14.4 Å². The van der Waals surface area contributed by atoms with Gasteiger partial charge in [-0.15, -0.1) is 11.3 Å². The van der Waals surface area contributed by atoms with Gasteiger partial charge in [-0.1, -0.05) is 25.3 Å². The molecule has 4 amide bonds. The Morgan fingerprint density at radius 2 is 2.08 bits per heavy atom. The highest BCUT2D eigenvalue weighted by atomic mass is 32.1. The number of nitrogens with zero attached hydrogens (tertiary/aromatic N) is 2. The second-order valence-electron chi connectivity index (χ2n) is 6.61. The number of nitrogens with one attached hydrogen (secondary N) is 1. The molecule has 1 saturated carbocycles. The first kappa shape index (κ1) is 17.0. The van der Waals surface area contributed by atoms with E-state index in [-0.39, 0.29) is 30.8 Å². The van der Waals surface area contributed by atoms with E-state index in [2.05, 4.69) is 5.32 Å². The van der Waals surface area contributed by atoms with Gasteiger partial charge in [-0.05, 0) is 24.3 Å². The first-order chi connectivity index (χ1) is 11.5. The van der Waals surface area contributed by atoms with Crippen molar-refractivity contribution in [3.63, 3.8) is 0 Å². The predicted octanol–water partition coefficient (Wildman–Crippen LogP) is 2.35. The standard InChI is InChI=1S/C17H23N3O3S/c1-19(12-13-6-5-11-24-13)14(21)7-10-20-15(22)17(18-16(20)23)8-3-2-4-9-17/h5-6,11H,2-4,7-10,12H2,1H3,(H,18,23). The number of amides is 4. The van der Waals surface area contributed by atoms with Gasteiger partial charge in [0, 0.05) is 24.9 Å². The van der Waals surface area contributed by atoms with Crippen LogP contribution >= 0.6 is 11.3 Å². The maximum atomic E-state index is 12.7. The Morgan fingerprint density at radius 1 is 1.33 bits per heavy atom. The minimum absolute atomic E-state index is 0.0615. The monoisotopic (exact) mass is 349 g/mol. The Balaban J connectivity index is 1.55. The number of hydrogen-bond acceptors (Lipinski definition) is 4. The van der Waals surface area contributed by atoms with Gasteiger partial charge < -0.3 is 10.2 Å². The Morgan fingerprint density at radius 3 is 2.75 bits per heavy atom. The fourth-order valence-corrected chi connectivity index (χ4v) is 4.25. The van der Waals surface area contributed by atoms with E-state index in [1.54, 1.807) is 23.3 Å². The number of carbonyl (C=O) groups excluding carboxylic acids is 3. The highest BCUT2D eigenvalue weighted by Gasteiger charge is 2.51. The zero-order valence-corrected chi connectivity index (χ0v) is 14.7. The van der Waals surface area contributed by atoms with Crippen molar-refractivity contribution in [1.82, 2.24) is 15.1 Å². The van der Waals surface area contributed by atoms with Crippen LogP contribution in [0, 0.1) is 0 Å². The molecule has 130 valence electrons. The first-order valence-corrected chi connectivity index (χ1v) is 9.30. The lowest BCUT2D eigenvalue weighted by molar-refractivity contribution is -0.134. The molecule has 6 nitrogen and oxygen atoms in total. The number of rotatable bonds is 5. The van der Waals surface area contributed by atoms with Crippen LogP contribution in [0.2, 0.25) is 0 Å². The molecule has 24 heavy (non-hydrogen) atoms. The van der Waals surface area contributed by atoms with E-state index < -0.39 is 5.54 Å². The van der Waals surface area contributed by atoms with E-state index in [9.17, 15) is 14.4 Å². The van der Waals surface area contributed by atoms with E-state index in [0.717, 1.165) is 24.1 Å². The summed E-state index contributed by atoms with van der Waals surface area (Å²) < 4.78 is 0. The van der Waals surface area contributed by atoms with Gasteiger partial charge >= 0.3 is 6.03 Å². The summed E-state index contributed by atoms with van der Waals surface area (Å²) in [6.45, 7) is 0.709. The molecule has 2 heterocycles. The van der Waals surface area contributed by atoms with Crippen molar-refractivity contribution in [2.75, 3.05) is 13.6 Å². The highest BCUT2D eigenvalue weighted by Crippen LogP contribution is 2.33. The maximum absolute atomic E-state index is 12.7. The van der Waals surface area contributed by atoms with Crippen molar-refractivity contribution in [1.29, 1.82) is 0 Å². The van der Waals surface area contributed by atoms with Crippen LogP contribution in [0.15, 0.2) is 17.5 Å². The number of thiophene rings is 1. The molecular weight excluding hydrogens is 326 g/mol. The van der Waals surface area contributed by atoms with E-state index in [1.807, 2.05) is 17.5 Å². The maximum Gasteiger partial charge on any atom is 0.325 e. The molecule has 0 unspecified atom stereocenters. The molecule has 1 N–H and O–H groups in total. The number of imide groups is 1. The molecule has 2 fully saturated rings. The summed E-state index contributed by atoms with van der Waals surface area (Å²) in [5.41, 5.74) is -0.707. The quantitative estimate of drug-likeness (QED) is 0.830. The molecule has 1 saturated heterocycles. The summed E-state index contributed by atoms with van der Waals surface area (Å²) in [6.07, 6.45) is 4.61. The lowest BCUT2D eigenvalue weighted by Crippen LogP contribution is -2.48. The summed E-state index contributed by atoms with van der Waals surface area (Å²) >= 11 is 1.60. The Labute approximate surface area is 145 Å². The molecule has 7 heteroatoms. The fraction of sp³-hybridized carbons (Fsp3) is 0.588. The van der Waals surface area contributed by atoms with Crippen molar-refractivity contribution in [3.8, 4) is 0 Å². The van der Waals surface area contributed by atoms with Gasteiger partial charge in [0.25, 0.3) is 5.91 Å². The summed E-state index contributed by atoms with van der Waals surface area (Å²) in [4.78, 5) is 41.1. The summed E-state index contributed by atoms with van der Waals surface area (Å²) in [5.74, 6) is -0.213. The topological polar surface area (TPSA) is 69.7 Å². The van der Waals surface area contributed by atoms with E-state index in [0.29, 0.717) is 19.4 Å². The largest absolute Gasteiger partial charge is 0.341 e. The Bertz CT molecular complexity index is 623. The average Bonchev–Trinajstić information content (AvgIpc) is 3.15. The van der Waals surface area contributed by atoms with Gasteiger partial charge in [-0.25, -0.2) is 4.79 Å². The van der Waals surface area contributed by atoms with Crippen molar-refractivity contribution in [2.45, 2.75) is 50.6 Å². The van der Waals surface area contributed by atoms with Crippen LogP contribution in [-0.2, 0) is 16.1 Å². The van der Waals surface area contributed by atoms with Gasteiger partial charge in [0.1, 0.15) is 5.54 Å². The van der Waals surface area contributed by atoms with Gasteiger partial charge in [0.05, 0.1) is 6.54 Å². The molecule has 1 aromatic rings. The highest BCUT2D eigenvalue weighted by molar-refractivity contribution is 7.09. The molecule has 1 aromatic heterocycles. The van der Waals surface area contributed by atoms with Crippen LogP contribution in [0.5, 0.6) is 0 Å². The molecule has 0 atom stereocenters. The third kappa shape index (κ3) is 3.31. The molecular formula is C17H23N3O3S. The van der Waals surface area contributed by atoms with Crippen LogP contribution < -0.4 is 5.32 Å². The molecule has 0 aromatic carbocycles. The molecule has 1 spiro atoms. The third-order valence-corrected chi connectivity index (χ3v) is 5.76. The normalized spacial score (nSPS) is 19.6. The van der Waals surface area contributed by atoms with Crippen molar-refractivity contribution in [3.05, 3.63) is 22.4 Å². The smallest absolute Gasteiger partial charge is 0.325 e. The first-order valence-electron chi connectivity index (χ1n) is 8.42. The second-order valence-corrected chi connectivity index (χ2v) is 7.64. The molecule has 1 aliphatic carbocycles. The van der Waals surface area contributed by atoms with Crippen LogP contribution in [-0.4, -0.2) is 46.8 Å². The van der Waals surface area contributed by atoms with E-state index in [1.165, 1.54) is 4.90 Å². The zero-order valence-electron chi connectivity index (χ0n) is 13.9. The van der Waals surface area contributed by atoms with Gasteiger partial charge in [-0.3, -0.25) is 14.5 Å². The average molecular weight is 349 g/mol. The fourth-order valence-electron chi connectivity index (χ4n) is 3.50. The molecule has 1 aliphatic heterocycles. The van der Waals surface area contributed by atoms with Crippen LogP contribution in [0.3, 0.4) is 0 Å². The van der Waals surface area contributed by atoms with Crippen molar-refractivity contribution in [2.24, 2.45) is 0 Å². The van der Waals surface area contributed by atoms with Gasteiger partial charge in [-0.2, -0.15) is 0 Å². The lowest BCUT2D eigenvalue weighted by Gasteiger charge is -2.30.